The lowest BCUT2D eigenvalue weighted by atomic mass is 9.85. The molecule has 2 unspecified atom stereocenters. The minimum atomic E-state index is 0.00634. The summed E-state index contributed by atoms with van der Waals surface area (Å²) in [5, 5.41) is 2.98. The van der Waals surface area contributed by atoms with Gasteiger partial charge in [0.2, 0.25) is 5.91 Å². The van der Waals surface area contributed by atoms with Gasteiger partial charge in [-0.25, -0.2) is 0 Å². The van der Waals surface area contributed by atoms with Gasteiger partial charge in [0, 0.05) is 29.9 Å². The topological polar surface area (TPSA) is 77.2 Å². The molecule has 1 aliphatic carbocycles. The van der Waals surface area contributed by atoms with Gasteiger partial charge >= 0.3 is 0 Å². The fraction of sp³-hybridized carbons (Fsp3) is 0.368. The second-order valence-electron chi connectivity index (χ2n) is 6.25. The summed E-state index contributed by atoms with van der Waals surface area (Å²) in [6.07, 6.45) is 5.45. The van der Waals surface area contributed by atoms with Crippen molar-refractivity contribution < 1.29 is 9.53 Å². The molecular weight excluding hydrogens is 302 g/mol. The SMILES string of the molecule is NC1CCCC(C(=O)Nc2cccc(OCc3ccccn3)c2)C1. The quantitative estimate of drug-likeness (QED) is 0.885. The van der Waals surface area contributed by atoms with E-state index in [2.05, 4.69) is 10.3 Å². The van der Waals surface area contributed by atoms with E-state index in [0.717, 1.165) is 37.1 Å². The summed E-state index contributed by atoms with van der Waals surface area (Å²) in [5.74, 6) is 0.762. The van der Waals surface area contributed by atoms with Gasteiger partial charge in [0.25, 0.3) is 0 Å². The van der Waals surface area contributed by atoms with Gasteiger partial charge < -0.3 is 15.8 Å². The number of amides is 1. The fourth-order valence-corrected chi connectivity index (χ4v) is 3.01. The number of nitrogens with one attached hydrogen (secondary N) is 1. The van der Waals surface area contributed by atoms with Crippen molar-refractivity contribution in [3.63, 3.8) is 0 Å². The molecule has 0 radical (unpaired) electrons. The van der Waals surface area contributed by atoms with Crippen LogP contribution in [0.5, 0.6) is 5.75 Å². The Morgan fingerprint density at radius 1 is 1.25 bits per heavy atom. The van der Waals surface area contributed by atoms with Gasteiger partial charge in [0.05, 0.1) is 5.69 Å². The molecule has 1 saturated carbocycles. The van der Waals surface area contributed by atoms with Crippen LogP contribution < -0.4 is 15.8 Å². The second kappa shape index (κ2) is 7.93. The molecule has 1 heterocycles. The smallest absolute Gasteiger partial charge is 0.227 e. The standard InChI is InChI=1S/C19H23N3O2/c20-15-6-3-5-14(11-15)19(23)22-16-8-4-9-18(12-16)24-13-17-7-1-2-10-21-17/h1-2,4,7-10,12,14-15H,3,5-6,11,13,20H2,(H,22,23). The number of hydrogen-bond donors (Lipinski definition) is 2. The maximum atomic E-state index is 12.4. The van der Waals surface area contributed by atoms with Crippen LogP contribution in [0.15, 0.2) is 48.7 Å². The number of ether oxygens (including phenoxy) is 1. The summed E-state index contributed by atoms with van der Waals surface area (Å²) in [7, 11) is 0. The monoisotopic (exact) mass is 325 g/mol. The van der Waals surface area contributed by atoms with Crippen LogP contribution in [0.25, 0.3) is 0 Å². The van der Waals surface area contributed by atoms with E-state index in [1.54, 1.807) is 6.20 Å². The zero-order chi connectivity index (χ0) is 16.8. The van der Waals surface area contributed by atoms with Crippen molar-refractivity contribution in [1.82, 2.24) is 4.98 Å². The number of nitrogens with zero attached hydrogens (tertiary/aromatic N) is 1. The van der Waals surface area contributed by atoms with Gasteiger partial charge in [-0.05, 0) is 43.5 Å². The molecule has 3 N–H and O–H groups in total. The van der Waals surface area contributed by atoms with Crippen molar-refractivity contribution in [1.29, 1.82) is 0 Å². The Morgan fingerprint density at radius 3 is 2.96 bits per heavy atom. The first-order chi connectivity index (χ1) is 11.7. The molecule has 3 rings (SSSR count). The van der Waals surface area contributed by atoms with Crippen molar-refractivity contribution in [3.8, 4) is 5.75 Å². The summed E-state index contributed by atoms with van der Waals surface area (Å²) >= 11 is 0. The van der Waals surface area contributed by atoms with Gasteiger partial charge in [0.1, 0.15) is 12.4 Å². The lowest BCUT2D eigenvalue weighted by Gasteiger charge is -2.25. The van der Waals surface area contributed by atoms with Crippen molar-refractivity contribution in [2.24, 2.45) is 11.7 Å². The van der Waals surface area contributed by atoms with Gasteiger partial charge in [-0.2, -0.15) is 0 Å². The zero-order valence-electron chi connectivity index (χ0n) is 13.7. The minimum Gasteiger partial charge on any atom is -0.487 e. The Labute approximate surface area is 142 Å². The molecule has 1 fully saturated rings. The summed E-state index contributed by atoms with van der Waals surface area (Å²) in [6.45, 7) is 0.399. The third-order valence-electron chi connectivity index (χ3n) is 4.30. The molecule has 2 aromatic rings. The van der Waals surface area contributed by atoms with Crippen LogP contribution in [0, 0.1) is 5.92 Å². The molecule has 0 saturated heterocycles. The number of carbonyl (C=O) groups excluding carboxylic acids is 1. The Bertz CT molecular complexity index is 675. The third kappa shape index (κ3) is 4.55. The highest BCUT2D eigenvalue weighted by Crippen LogP contribution is 2.25. The molecule has 126 valence electrons. The van der Waals surface area contributed by atoms with E-state index in [4.69, 9.17) is 10.5 Å². The van der Waals surface area contributed by atoms with Crippen LogP contribution in [0.4, 0.5) is 5.69 Å². The highest BCUT2D eigenvalue weighted by molar-refractivity contribution is 5.92. The van der Waals surface area contributed by atoms with Crippen LogP contribution >= 0.6 is 0 Å². The van der Waals surface area contributed by atoms with Crippen molar-refractivity contribution in [3.05, 3.63) is 54.4 Å². The fourth-order valence-electron chi connectivity index (χ4n) is 3.01. The molecule has 5 nitrogen and oxygen atoms in total. The van der Waals surface area contributed by atoms with E-state index in [0.29, 0.717) is 12.4 Å². The van der Waals surface area contributed by atoms with Crippen LogP contribution in [-0.2, 0) is 11.4 Å². The number of pyridine rings is 1. The lowest BCUT2D eigenvalue weighted by Crippen LogP contribution is -2.34. The summed E-state index contributed by atoms with van der Waals surface area (Å²) in [6, 6.07) is 13.3. The Kier molecular flexibility index (Phi) is 5.43. The Hall–Kier alpha value is -2.40. The number of hydrogen-bond acceptors (Lipinski definition) is 4. The third-order valence-corrected chi connectivity index (χ3v) is 4.30. The van der Waals surface area contributed by atoms with Gasteiger partial charge in [-0.3, -0.25) is 9.78 Å². The van der Waals surface area contributed by atoms with Crippen LogP contribution in [0.3, 0.4) is 0 Å². The lowest BCUT2D eigenvalue weighted by molar-refractivity contribution is -0.120. The van der Waals surface area contributed by atoms with Crippen molar-refractivity contribution >= 4 is 11.6 Å². The molecule has 0 spiro atoms. The molecule has 24 heavy (non-hydrogen) atoms. The molecule has 1 aromatic carbocycles. The van der Waals surface area contributed by atoms with Crippen LogP contribution in [0.2, 0.25) is 0 Å². The predicted octanol–water partition coefficient (Wildman–Crippen LogP) is 3.12. The molecule has 1 aromatic heterocycles. The number of rotatable bonds is 5. The zero-order valence-corrected chi connectivity index (χ0v) is 13.7. The number of aromatic nitrogens is 1. The Balaban J connectivity index is 1.57. The number of nitrogens with two attached hydrogens (primary N) is 1. The van der Waals surface area contributed by atoms with E-state index in [9.17, 15) is 4.79 Å². The first kappa shape index (κ1) is 16.5. The maximum Gasteiger partial charge on any atom is 0.227 e. The molecule has 0 aliphatic heterocycles. The molecule has 0 bridgehead atoms. The molecule has 2 atom stereocenters. The first-order valence-electron chi connectivity index (χ1n) is 8.40. The van der Waals surface area contributed by atoms with Gasteiger partial charge in [-0.15, -0.1) is 0 Å². The first-order valence-corrected chi connectivity index (χ1v) is 8.40. The minimum absolute atomic E-state index is 0.00634. The van der Waals surface area contributed by atoms with Crippen LogP contribution in [-0.4, -0.2) is 16.9 Å². The summed E-state index contributed by atoms with van der Waals surface area (Å²) in [5.41, 5.74) is 7.58. The average Bonchev–Trinajstić information content (AvgIpc) is 2.61. The van der Waals surface area contributed by atoms with Crippen LogP contribution in [0.1, 0.15) is 31.4 Å². The highest BCUT2D eigenvalue weighted by atomic mass is 16.5. The molecule has 1 amide bonds. The molecular formula is C19H23N3O2. The summed E-state index contributed by atoms with van der Waals surface area (Å²) in [4.78, 5) is 16.6. The number of anilines is 1. The molecule has 5 heteroatoms. The number of carbonyl (C=O) groups is 1. The van der Waals surface area contributed by atoms with E-state index < -0.39 is 0 Å². The average molecular weight is 325 g/mol. The van der Waals surface area contributed by atoms with Gasteiger partial charge in [0.15, 0.2) is 0 Å². The number of benzene rings is 1. The van der Waals surface area contributed by atoms with E-state index >= 15 is 0 Å². The largest absolute Gasteiger partial charge is 0.487 e. The predicted molar refractivity (Wildman–Crippen MR) is 93.6 cm³/mol. The van der Waals surface area contributed by atoms with E-state index in [-0.39, 0.29) is 17.9 Å². The second-order valence-corrected chi connectivity index (χ2v) is 6.25. The highest BCUT2D eigenvalue weighted by Gasteiger charge is 2.25. The summed E-state index contributed by atoms with van der Waals surface area (Å²) < 4.78 is 5.74. The van der Waals surface area contributed by atoms with E-state index in [1.807, 2.05) is 42.5 Å². The molecule has 1 aliphatic rings. The van der Waals surface area contributed by atoms with Crippen molar-refractivity contribution in [2.45, 2.75) is 38.3 Å². The van der Waals surface area contributed by atoms with Gasteiger partial charge in [-0.1, -0.05) is 18.6 Å². The van der Waals surface area contributed by atoms with Crippen molar-refractivity contribution in [2.75, 3.05) is 5.32 Å². The van der Waals surface area contributed by atoms with E-state index in [1.165, 1.54) is 0 Å². The Morgan fingerprint density at radius 2 is 2.17 bits per heavy atom. The maximum absolute atomic E-state index is 12.4. The normalized spacial score (nSPS) is 20.4.